The molecule has 2 aromatic rings. The molecule has 4 heterocycles. The van der Waals surface area contributed by atoms with E-state index >= 15 is 0 Å². The summed E-state index contributed by atoms with van der Waals surface area (Å²) in [5, 5.41) is 4.00. The Labute approximate surface area is 157 Å². The van der Waals surface area contributed by atoms with E-state index in [4.69, 9.17) is 0 Å². The first-order valence-electron chi connectivity index (χ1n) is 8.74. The quantitative estimate of drug-likeness (QED) is 0.812. The zero-order chi connectivity index (χ0) is 18.3. The number of amides is 2. The van der Waals surface area contributed by atoms with E-state index in [-0.39, 0.29) is 17.4 Å². The number of aromatic nitrogens is 1. The van der Waals surface area contributed by atoms with E-state index in [9.17, 15) is 9.59 Å². The van der Waals surface area contributed by atoms with Gasteiger partial charge in [-0.2, -0.15) is 11.3 Å². The molecule has 2 saturated heterocycles. The third-order valence-corrected chi connectivity index (χ3v) is 6.20. The molecule has 7 heteroatoms. The molecule has 4 rings (SSSR count). The number of piperazine rings is 1. The van der Waals surface area contributed by atoms with E-state index in [1.807, 2.05) is 52.7 Å². The summed E-state index contributed by atoms with van der Waals surface area (Å²) in [6.45, 7) is 4.23. The fraction of sp³-hybridized carbons (Fsp3) is 0.421. The van der Waals surface area contributed by atoms with Crippen molar-refractivity contribution in [1.29, 1.82) is 0 Å². The Morgan fingerprint density at radius 1 is 1.27 bits per heavy atom. The maximum absolute atomic E-state index is 12.9. The van der Waals surface area contributed by atoms with Crippen LogP contribution in [0.15, 0.2) is 35.2 Å². The summed E-state index contributed by atoms with van der Waals surface area (Å²) in [5.41, 5.74) is 2.29. The lowest BCUT2D eigenvalue weighted by Gasteiger charge is -2.46. The molecular weight excluding hydrogens is 348 g/mol. The predicted octanol–water partition coefficient (Wildman–Crippen LogP) is 2.01. The van der Waals surface area contributed by atoms with Crippen molar-refractivity contribution >= 4 is 28.8 Å². The monoisotopic (exact) mass is 370 g/mol. The normalized spacial score (nSPS) is 23.8. The van der Waals surface area contributed by atoms with Gasteiger partial charge in [0.15, 0.2) is 0 Å². The van der Waals surface area contributed by atoms with E-state index in [2.05, 4.69) is 9.88 Å². The first-order valence-corrected chi connectivity index (χ1v) is 9.69. The highest BCUT2D eigenvalue weighted by atomic mass is 32.1. The molecule has 2 aliphatic heterocycles. The third-order valence-electron chi connectivity index (χ3n) is 5.53. The molecule has 2 amide bonds. The smallest absolute Gasteiger partial charge is 0.255 e. The maximum atomic E-state index is 12.9. The number of nitrogens with zero attached hydrogens (tertiary/aromatic N) is 4. The number of carbonyl (C=O) groups excluding carboxylic acids is 2. The van der Waals surface area contributed by atoms with Crippen LogP contribution in [-0.2, 0) is 4.79 Å². The maximum Gasteiger partial charge on any atom is 0.255 e. The third kappa shape index (κ3) is 2.91. The van der Waals surface area contributed by atoms with Gasteiger partial charge < -0.3 is 9.80 Å². The van der Waals surface area contributed by atoms with Gasteiger partial charge in [-0.15, -0.1) is 0 Å². The number of rotatable bonds is 2. The molecular formula is C19H22N4O2S. The molecule has 1 spiro atoms. The van der Waals surface area contributed by atoms with E-state index in [0.29, 0.717) is 31.7 Å². The van der Waals surface area contributed by atoms with Crippen molar-refractivity contribution in [1.82, 2.24) is 14.8 Å². The highest BCUT2D eigenvalue weighted by molar-refractivity contribution is 7.08. The summed E-state index contributed by atoms with van der Waals surface area (Å²) in [5.74, 6) is 0.130. The van der Waals surface area contributed by atoms with Crippen LogP contribution in [0.25, 0.3) is 0 Å². The van der Waals surface area contributed by atoms with Crippen LogP contribution >= 0.6 is 11.3 Å². The molecule has 136 valence electrons. The number of likely N-dealkylation sites (tertiary alicyclic amines) is 1. The Bertz CT molecular complexity index is 821. The molecule has 6 nitrogen and oxygen atoms in total. The minimum atomic E-state index is -0.191. The Hall–Kier alpha value is -2.25. The van der Waals surface area contributed by atoms with Crippen molar-refractivity contribution in [3.8, 4) is 0 Å². The number of thiophene rings is 1. The lowest BCUT2D eigenvalue weighted by atomic mass is 9.93. The van der Waals surface area contributed by atoms with Crippen molar-refractivity contribution in [2.45, 2.75) is 18.9 Å². The fourth-order valence-electron chi connectivity index (χ4n) is 3.85. The van der Waals surface area contributed by atoms with Crippen molar-refractivity contribution in [2.75, 3.05) is 38.1 Å². The number of hydrogen-bond donors (Lipinski definition) is 0. The second-order valence-corrected chi connectivity index (χ2v) is 7.99. The van der Waals surface area contributed by atoms with Gasteiger partial charge in [-0.1, -0.05) is 0 Å². The lowest BCUT2D eigenvalue weighted by molar-refractivity contribution is -0.123. The Morgan fingerprint density at radius 3 is 2.81 bits per heavy atom. The van der Waals surface area contributed by atoms with Crippen molar-refractivity contribution in [3.63, 3.8) is 0 Å². The van der Waals surface area contributed by atoms with Gasteiger partial charge in [0.25, 0.3) is 5.91 Å². The van der Waals surface area contributed by atoms with Gasteiger partial charge in [0.05, 0.1) is 23.3 Å². The molecule has 0 saturated carbocycles. The largest absolute Gasteiger partial charge is 0.337 e. The van der Waals surface area contributed by atoms with E-state index in [1.54, 1.807) is 17.5 Å². The first kappa shape index (κ1) is 17.2. The number of pyridine rings is 1. The highest BCUT2D eigenvalue weighted by Gasteiger charge is 2.48. The van der Waals surface area contributed by atoms with Crippen molar-refractivity contribution in [2.24, 2.45) is 0 Å². The van der Waals surface area contributed by atoms with Crippen molar-refractivity contribution in [3.05, 3.63) is 46.4 Å². The van der Waals surface area contributed by atoms with Gasteiger partial charge in [0.2, 0.25) is 5.91 Å². The Morgan fingerprint density at radius 2 is 2.12 bits per heavy atom. The molecule has 26 heavy (non-hydrogen) atoms. The van der Waals surface area contributed by atoms with Gasteiger partial charge in [0.1, 0.15) is 0 Å². The average Bonchev–Trinajstić information content (AvgIpc) is 3.29. The summed E-state index contributed by atoms with van der Waals surface area (Å²) in [7, 11) is 1.99. The van der Waals surface area contributed by atoms with Crippen LogP contribution in [0.3, 0.4) is 0 Å². The zero-order valence-electron chi connectivity index (χ0n) is 15.0. The molecule has 0 radical (unpaired) electrons. The van der Waals surface area contributed by atoms with Crippen LogP contribution < -0.4 is 4.90 Å². The number of hydrogen-bond acceptors (Lipinski definition) is 5. The van der Waals surface area contributed by atoms with Gasteiger partial charge in [-0.05, 0) is 44.0 Å². The second-order valence-electron chi connectivity index (χ2n) is 7.21. The summed E-state index contributed by atoms with van der Waals surface area (Å²) >= 11 is 1.59. The van der Waals surface area contributed by atoms with Crippen LogP contribution in [0.5, 0.6) is 0 Å². The minimum absolute atomic E-state index is 0.0155. The SMILES string of the molecule is Cc1ccc(C(=O)N2CCC3(C2)CN(c2ccsc2)C(=O)CN3C)cn1. The molecule has 0 aromatic carbocycles. The molecule has 0 N–H and O–H groups in total. The van der Waals surface area contributed by atoms with E-state index < -0.39 is 0 Å². The van der Waals surface area contributed by atoms with Gasteiger partial charge in [-0.3, -0.25) is 19.5 Å². The number of likely N-dealkylation sites (N-methyl/N-ethyl adjacent to an activating group) is 1. The molecule has 2 fully saturated rings. The molecule has 0 bridgehead atoms. The predicted molar refractivity (Wildman–Crippen MR) is 102 cm³/mol. The topological polar surface area (TPSA) is 56.8 Å². The second kappa shape index (κ2) is 6.48. The number of anilines is 1. The summed E-state index contributed by atoms with van der Waals surface area (Å²) in [6, 6.07) is 5.68. The molecule has 2 aromatic heterocycles. The molecule has 2 aliphatic rings. The Kier molecular flexibility index (Phi) is 4.28. The number of carbonyl (C=O) groups is 2. The standard InChI is InChI=1S/C19H22N4O2S/c1-14-3-4-15(9-20-14)18(25)22-7-6-19(12-22)13-23(16-5-8-26-11-16)17(24)10-21(19)2/h3-5,8-9,11H,6-7,10,12-13H2,1-2H3. The molecule has 1 unspecified atom stereocenters. The summed E-state index contributed by atoms with van der Waals surface area (Å²) in [4.78, 5) is 35.5. The van der Waals surface area contributed by atoms with Gasteiger partial charge >= 0.3 is 0 Å². The first-order chi connectivity index (χ1) is 12.5. The van der Waals surface area contributed by atoms with Crippen LogP contribution in [0.4, 0.5) is 5.69 Å². The van der Waals surface area contributed by atoms with Crippen molar-refractivity contribution < 1.29 is 9.59 Å². The lowest BCUT2D eigenvalue weighted by Crippen LogP contribution is -2.64. The molecule has 0 aliphatic carbocycles. The van der Waals surface area contributed by atoms with E-state index in [1.165, 1.54) is 0 Å². The fourth-order valence-corrected chi connectivity index (χ4v) is 4.49. The van der Waals surface area contributed by atoms with Crippen LogP contribution in [-0.4, -0.2) is 65.4 Å². The summed E-state index contributed by atoms with van der Waals surface area (Å²) < 4.78 is 0. The average molecular weight is 370 g/mol. The van der Waals surface area contributed by atoms with Crippen LogP contribution in [0.1, 0.15) is 22.5 Å². The number of aryl methyl sites for hydroxylation is 1. The van der Waals surface area contributed by atoms with Crippen LogP contribution in [0.2, 0.25) is 0 Å². The summed E-state index contributed by atoms with van der Waals surface area (Å²) in [6.07, 6.45) is 2.51. The highest BCUT2D eigenvalue weighted by Crippen LogP contribution is 2.34. The zero-order valence-corrected chi connectivity index (χ0v) is 15.8. The Balaban J connectivity index is 1.54. The van der Waals surface area contributed by atoms with E-state index in [0.717, 1.165) is 17.8 Å². The van der Waals surface area contributed by atoms with Gasteiger partial charge in [0, 0.05) is 36.9 Å². The van der Waals surface area contributed by atoms with Gasteiger partial charge in [-0.25, -0.2) is 0 Å². The molecule has 1 atom stereocenters. The van der Waals surface area contributed by atoms with Crippen LogP contribution in [0, 0.1) is 6.92 Å². The minimum Gasteiger partial charge on any atom is -0.337 e.